The van der Waals surface area contributed by atoms with E-state index in [1.54, 1.807) is 7.11 Å². The van der Waals surface area contributed by atoms with Gasteiger partial charge >= 0.3 is 5.97 Å². The average molecular weight is 421 g/mol. The quantitative estimate of drug-likeness (QED) is 0.544. The number of nitrogens with one attached hydrogen (secondary N) is 1. The smallest absolute Gasteiger partial charge is 0.352 e. The van der Waals surface area contributed by atoms with Crippen molar-refractivity contribution >= 4 is 16.9 Å². The number of rotatable bonds is 7. The van der Waals surface area contributed by atoms with Gasteiger partial charge in [-0.2, -0.15) is 0 Å². The molecule has 3 atom stereocenters. The van der Waals surface area contributed by atoms with Gasteiger partial charge in [0.15, 0.2) is 0 Å². The van der Waals surface area contributed by atoms with Crippen LogP contribution in [0.25, 0.3) is 10.9 Å². The van der Waals surface area contributed by atoms with Crippen LogP contribution in [0, 0.1) is 11.8 Å². The first-order chi connectivity index (χ1) is 15.0. The molecule has 0 saturated heterocycles. The molecule has 5 nitrogen and oxygen atoms in total. The fraction of sp³-hybridized carbons (Fsp3) is 0.423. The summed E-state index contributed by atoms with van der Waals surface area (Å²) in [6, 6.07) is 16.3. The number of carboxylic acids is 1. The number of carbonyl (C=O) groups is 1. The monoisotopic (exact) mass is 420 g/mol. The van der Waals surface area contributed by atoms with E-state index in [2.05, 4.69) is 19.2 Å². The molecule has 31 heavy (non-hydrogen) atoms. The van der Waals surface area contributed by atoms with Gasteiger partial charge in [-0.25, -0.2) is 4.79 Å². The highest BCUT2D eigenvalue weighted by Gasteiger charge is 2.28. The van der Waals surface area contributed by atoms with Gasteiger partial charge in [0.25, 0.3) is 0 Å². The minimum Gasteiger partial charge on any atom is -0.497 e. The summed E-state index contributed by atoms with van der Waals surface area (Å²) < 4.78 is 7.36. The zero-order chi connectivity index (χ0) is 22.0. The number of carboxylic acid groups (broad SMARTS) is 1. The van der Waals surface area contributed by atoms with E-state index in [9.17, 15) is 9.90 Å². The number of aromatic carboxylic acids is 1. The van der Waals surface area contributed by atoms with Gasteiger partial charge in [0.1, 0.15) is 11.4 Å². The lowest BCUT2D eigenvalue weighted by Gasteiger charge is -2.34. The Hall–Kier alpha value is -2.79. The predicted octanol–water partition coefficient (Wildman–Crippen LogP) is 5.31. The van der Waals surface area contributed by atoms with E-state index >= 15 is 0 Å². The second-order valence-electron chi connectivity index (χ2n) is 8.84. The van der Waals surface area contributed by atoms with Crippen molar-refractivity contribution in [1.29, 1.82) is 0 Å². The van der Waals surface area contributed by atoms with Crippen molar-refractivity contribution in [2.75, 3.05) is 7.11 Å². The first kappa shape index (κ1) is 21.4. The molecule has 3 unspecified atom stereocenters. The van der Waals surface area contributed by atoms with Gasteiger partial charge in [0, 0.05) is 36.1 Å². The summed E-state index contributed by atoms with van der Waals surface area (Å²) in [5, 5.41) is 14.9. The summed E-state index contributed by atoms with van der Waals surface area (Å²) in [5.41, 5.74) is 3.17. The van der Waals surface area contributed by atoms with Gasteiger partial charge < -0.3 is 19.7 Å². The normalized spacial score (nSPS) is 21.3. The molecule has 1 aliphatic rings. The zero-order valence-corrected chi connectivity index (χ0v) is 18.6. The van der Waals surface area contributed by atoms with Crippen molar-refractivity contribution in [2.24, 2.45) is 11.8 Å². The van der Waals surface area contributed by atoms with Gasteiger partial charge in [0.05, 0.1) is 12.6 Å². The summed E-state index contributed by atoms with van der Waals surface area (Å²) >= 11 is 0. The Morgan fingerprint density at radius 1 is 1.16 bits per heavy atom. The molecule has 0 radical (unpaired) electrons. The molecule has 4 rings (SSSR count). The van der Waals surface area contributed by atoms with Crippen molar-refractivity contribution in [2.45, 2.75) is 52.2 Å². The third-order valence-electron chi connectivity index (χ3n) is 7.01. The minimum atomic E-state index is -0.895. The maximum absolute atomic E-state index is 12.4. The molecule has 1 saturated carbocycles. The molecule has 5 heteroatoms. The Bertz CT molecular complexity index is 1060. The van der Waals surface area contributed by atoms with E-state index in [4.69, 9.17) is 4.74 Å². The minimum absolute atomic E-state index is 0.358. The molecule has 1 fully saturated rings. The van der Waals surface area contributed by atoms with Gasteiger partial charge in [-0.15, -0.1) is 0 Å². The average Bonchev–Trinajstić information content (AvgIpc) is 3.08. The number of ether oxygens (including phenoxy) is 1. The summed E-state index contributed by atoms with van der Waals surface area (Å²) in [5.74, 6) is 1.10. The fourth-order valence-electron chi connectivity index (χ4n) is 4.98. The Morgan fingerprint density at radius 2 is 1.94 bits per heavy atom. The largest absolute Gasteiger partial charge is 0.497 e. The molecule has 3 aromatic rings. The van der Waals surface area contributed by atoms with Gasteiger partial charge in [0.2, 0.25) is 0 Å². The molecule has 0 amide bonds. The first-order valence-electron chi connectivity index (χ1n) is 11.2. The molecule has 0 spiro atoms. The van der Waals surface area contributed by atoms with Crippen molar-refractivity contribution in [3.8, 4) is 5.75 Å². The standard InChI is InChI=1S/C26H32N2O3/c1-17-8-7-11-23(18(17)2)27-15-22-21-13-12-20(31-3)14-24(21)28(25(22)26(29)30)16-19-9-5-4-6-10-19/h4-6,9-10,12-14,17-18,23,27H,7-8,11,15-16H2,1-3H3,(H,29,30). The highest BCUT2D eigenvalue weighted by atomic mass is 16.5. The molecular formula is C26H32N2O3. The third-order valence-corrected chi connectivity index (χ3v) is 7.01. The number of hydrogen-bond acceptors (Lipinski definition) is 3. The van der Waals surface area contributed by atoms with E-state index in [0.717, 1.165) is 34.2 Å². The molecule has 0 aliphatic heterocycles. The van der Waals surface area contributed by atoms with Crippen molar-refractivity contribution in [3.05, 3.63) is 65.4 Å². The van der Waals surface area contributed by atoms with Crippen LogP contribution in [0.3, 0.4) is 0 Å². The summed E-state index contributed by atoms with van der Waals surface area (Å²) in [4.78, 5) is 12.4. The lowest BCUT2D eigenvalue weighted by Crippen LogP contribution is -2.40. The lowest BCUT2D eigenvalue weighted by atomic mass is 9.78. The van der Waals surface area contributed by atoms with E-state index in [0.29, 0.717) is 36.7 Å². The lowest BCUT2D eigenvalue weighted by molar-refractivity contribution is 0.0684. The second kappa shape index (κ2) is 9.15. The maximum atomic E-state index is 12.4. The summed E-state index contributed by atoms with van der Waals surface area (Å²) in [6.07, 6.45) is 3.64. The van der Waals surface area contributed by atoms with E-state index < -0.39 is 5.97 Å². The third kappa shape index (κ3) is 4.33. The molecule has 164 valence electrons. The van der Waals surface area contributed by atoms with Gasteiger partial charge in [-0.1, -0.05) is 57.0 Å². The van der Waals surface area contributed by atoms with Crippen LogP contribution < -0.4 is 10.1 Å². The second-order valence-corrected chi connectivity index (χ2v) is 8.84. The van der Waals surface area contributed by atoms with E-state index in [1.165, 1.54) is 12.8 Å². The topological polar surface area (TPSA) is 63.5 Å². The number of aromatic nitrogens is 1. The Labute approximate surface area is 184 Å². The van der Waals surface area contributed by atoms with Crippen LogP contribution in [0.1, 0.15) is 54.7 Å². The number of methoxy groups -OCH3 is 1. The number of nitrogens with zero attached hydrogens (tertiary/aromatic N) is 1. The fourth-order valence-corrected chi connectivity index (χ4v) is 4.98. The van der Waals surface area contributed by atoms with Crippen LogP contribution in [-0.4, -0.2) is 28.8 Å². The number of benzene rings is 2. The number of hydrogen-bond donors (Lipinski definition) is 2. The molecule has 0 bridgehead atoms. The molecular weight excluding hydrogens is 388 g/mol. The van der Waals surface area contributed by atoms with Crippen molar-refractivity contribution in [1.82, 2.24) is 9.88 Å². The van der Waals surface area contributed by atoms with E-state index in [-0.39, 0.29) is 0 Å². The molecule has 2 aromatic carbocycles. The van der Waals surface area contributed by atoms with Crippen LogP contribution in [0.15, 0.2) is 48.5 Å². The van der Waals surface area contributed by atoms with Crippen LogP contribution in [0.5, 0.6) is 5.75 Å². The van der Waals surface area contributed by atoms with Crippen LogP contribution in [-0.2, 0) is 13.1 Å². The predicted molar refractivity (Wildman–Crippen MR) is 124 cm³/mol. The van der Waals surface area contributed by atoms with Crippen molar-refractivity contribution < 1.29 is 14.6 Å². The zero-order valence-electron chi connectivity index (χ0n) is 18.6. The Balaban J connectivity index is 1.76. The molecule has 1 aromatic heterocycles. The first-order valence-corrected chi connectivity index (χ1v) is 11.2. The Morgan fingerprint density at radius 3 is 2.65 bits per heavy atom. The summed E-state index contributed by atoms with van der Waals surface area (Å²) in [6.45, 7) is 5.68. The highest BCUT2D eigenvalue weighted by molar-refractivity contribution is 5.98. The molecule has 1 aliphatic carbocycles. The van der Waals surface area contributed by atoms with Crippen molar-refractivity contribution in [3.63, 3.8) is 0 Å². The SMILES string of the molecule is COc1ccc2c(CNC3CCCC(C)C3C)c(C(=O)O)n(Cc3ccccc3)c2c1. The van der Waals surface area contributed by atoms with Gasteiger partial charge in [-0.3, -0.25) is 0 Å². The van der Waals surface area contributed by atoms with Crippen LogP contribution in [0.2, 0.25) is 0 Å². The summed E-state index contributed by atoms with van der Waals surface area (Å²) in [7, 11) is 1.64. The highest BCUT2D eigenvalue weighted by Crippen LogP contribution is 2.33. The van der Waals surface area contributed by atoms with Crippen LogP contribution in [0.4, 0.5) is 0 Å². The Kier molecular flexibility index (Phi) is 6.33. The maximum Gasteiger partial charge on any atom is 0.352 e. The van der Waals surface area contributed by atoms with Gasteiger partial charge in [-0.05, 0) is 36.0 Å². The van der Waals surface area contributed by atoms with Crippen LogP contribution >= 0.6 is 0 Å². The van der Waals surface area contributed by atoms with E-state index in [1.807, 2.05) is 53.1 Å². The molecule has 1 heterocycles. The molecule has 2 N–H and O–H groups in total. The number of fused-ring (bicyclic) bond motifs is 1.